The zero-order valence-corrected chi connectivity index (χ0v) is 22.1. The van der Waals surface area contributed by atoms with Crippen LogP contribution in [0.15, 0.2) is 60.2 Å². The van der Waals surface area contributed by atoms with Gasteiger partial charge in [0.25, 0.3) is 11.8 Å². The number of carbonyl (C=O) groups is 2. The average molecular weight is 599 g/mol. The number of halogens is 6. The zero-order valence-electron chi connectivity index (χ0n) is 19.8. The van der Waals surface area contributed by atoms with Gasteiger partial charge in [0.1, 0.15) is 11.6 Å². The van der Waals surface area contributed by atoms with Gasteiger partial charge in [-0.1, -0.05) is 46.9 Å². The van der Waals surface area contributed by atoms with Gasteiger partial charge in [-0.15, -0.1) is 0 Å². The summed E-state index contributed by atoms with van der Waals surface area (Å²) in [4.78, 5) is 24.9. The molecule has 3 aromatic rings. The average Bonchev–Trinajstić information content (AvgIpc) is 2.89. The van der Waals surface area contributed by atoms with E-state index in [4.69, 9.17) is 44.3 Å². The maximum atomic E-state index is 13.0. The third-order valence-corrected chi connectivity index (χ3v) is 5.95. The Hall–Kier alpha value is -3.91. The first kappa shape index (κ1) is 29.6. The molecule has 0 saturated heterocycles. The first-order valence-electron chi connectivity index (χ1n) is 10.8. The fourth-order valence-corrected chi connectivity index (χ4v) is 3.79. The number of amides is 2. The van der Waals surface area contributed by atoms with E-state index >= 15 is 0 Å². The summed E-state index contributed by atoms with van der Waals surface area (Å²) < 4.78 is 49.8. The number of alkyl halides is 3. The molecule has 0 aliphatic heterocycles. The Bertz CT molecular complexity index is 1470. The molecule has 3 aromatic carbocycles. The molecule has 39 heavy (non-hydrogen) atoms. The van der Waals surface area contributed by atoms with Crippen molar-refractivity contribution in [1.82, 2.24) is 0 Å². The maximum absolute atomic E-state index is 13.0. The molecule has 0 radical (unpaired) electrons. The number of nitriles is 1. The number of methoxy groups -OCH3 is 1. The summed E-state index contributed by atoms with van der Waals surface area (Å²) in [5.74, 6) is -1.18. The molecule has 0 spiro atoms. The largest absolute Gasteiger partial charge is 0.493 e. The molecule has 0 atom stereocenters. The molecule has 202 valence electrons. The number of anilines is 2. The molecule has 0 fully saturated rings. The number of nitrogens with one attached hydrogen (secondary N) is 2. The monoisotopic (exact) mass is 597 g/mol. The number of rotatable bonds is 8. The Morgan fingerprint density at radius 1 is 0.974 bits per heavy atom. The lowest BCUT2D eigenvalue weighted by atomic mass is 10.1. The van der Waals surface area contributed by atoms with Crippen LogP contribution in [0.5, 0.6) is 11.5 Å². The summed E-state index contributed by atoms with van der Waals surface area (Å²) in [7, 11) is 1.34. The molecule has 0 aromatic heterocycles. The van der Waals surface area contributed by atoms with Crippen LogP contribution in [0, 0.1) is 11.3 Å². The number of hydrogen-bond donors (Lipinski definition) is 2. The Labute approximate surface area is 235 Å². The third-order valence-electron chi connectivity index (χ3n) is 4.99. The Balaban J connectivity index is 1.73. The fraction of sp³-hybridized carbons (Fsp3) is 0.115. The van der Waals surface area contributed by atoms with Gasteiger partial charge >= 0.3 is 6.18 Å². The van der Waals surface area contributed by atoms with Crippen molar-refractivity contribution in [2.45, 2.75) is 6.18 Å². The topological polar surface area (TPSA) is 100 Å². The SMILES string of the molecule is COc1cc(/C=C(/C#N)C(=O)Nc2cc(C(F)(F)F)ccc2Cl)ccc1OCC(=O)Nc1c(Cl)cccc1Cl. The van der Waals surface area contributed by atoms with E-state index in [1.807, 2.05) is 0 Å². The second kappa shape index (κ2) is 12.8. The standard InChI is InChI=1S/C26H17Cl3F3N3O4/c1-38-22-10-14(5-8-21(22)39-13-23(36)35-24-18(28)3-2-4-19(24)29)9-15(12-33)25(37)34-20-11-16(26(30,31)32)6-7-17(20)27/h2-11H,13H2,1H3,(H,34,37)(H,35,36)/b15-9-. The normalized spacial score (nSPS) is 11.4. The minimum atomic E-state index is -4.65. The van der Waals surface area contributed by atoms with Crippen molar-refractivity contribution in [1.29, 1.82) is 5.26 Å². The highest BCUT2D eigenvalue weighted by Crippen LogP contribution is 2.34. The highest BCUT2D eigenvalue weighted by molar-refractivity contribution is 6.39. The van der Waals surface area contributed by atoms with E-state index < -0.39 is 35.7 Å². The smallest absolute Gasteiger partial charge is 0.416 e. The lowest BCUT2D eigenvalue weighted by Crippen LogP contribution is -2.20. The van der Waals surface area contributed by atoms with Crippen LogP contribution in [0.2, 0.25) is 15.1 Å². The van der Waals surface area contributed by atoms with Crippen molar-refractivity contribution in [2.24, 2.45) is 0 Å². The van der Waals surface area contributed by atoms with Crippen LogP contribution in [0.3, 0.4) is 0 Å². The Morgan fingerprint density at radius 3 is 2.28 bits per heavy atom. The first-order valence-corrected chi connectivity index (χ1v) is 11.9. The minimum Gasteiger partial charge on any atom is -0.493 e. The van der Waals surface area contributed by atoms with Crippen molar-refractivity contribution < 1.29 is 32.2 Å². The second-order valence-electron chi connectivity index (χ2n) is 7.66. The van der Waals surface area contributed by atoms with E-state index in [1.165, 1.54) is 31.4 Å². The lowest BCUT2D eigenvalue weighted by Gasteiger charge is -2.13. The van der Waals surface area contributed by atoms with Crippen LogP contribution in [0.25, 0.3) is 6.08 Å². The van der Waals surface area contributed by atoms with Crippen LogP contribution >= 0.6 is 34.8 Å². The van der Waals surface area contributed by atoms with Gasteiger partial charge in [0.15, 0.2) is 18.1 Å². The molecule has 0 aliphatic rings. The van der Waals surface area contributed by atoms with E-state index in [0.29, 0.717) is 11.6 Å². The minimum absolute atomic E-state index is 0.141. The third kappa shape index (κ3) is 7.80. The number of para-hydroxylation sites is 1. The van der Waals surface area contributed by atoms with Crippen molar-refractivity contribution >= 4 is 64.1 Å². The van der Waals surface area contributed by atoms with Crippen LogP contribution in [0.1, 0.15) is 11.1 Å². The van der Waals surface area contributed by atoms with Crippen LogP contribution in [0.4, 0.5) is 24.5 Å². The van der Waals surface area contributed by atoms with Crippen molar-refractivity contribution in [3.63, 3.8) is 0 Å². The maximum Gasteiger partial charge on any atom is 0.416 e. The number of carbonyl (C=O) groups excluding carboxylic acids is 2. The summed E-state index contributed by atoms with van der Waals surface area (Å²) in [5.41, 5.74) is -1.19. The molecule has 0 unspecified atom stereocenters. The molecule has 0 aliphatic carbocycles. The van der Waals surface area contributed by atoms with Gasteiger partial charge in [0.2, 0.25) is 0 Å². The van der Waals surface area contributed by atoms with Gasteiger partial charge in [-0.2, -0.15) is 18.4 Å². The van der Waals surface area contributed by atoms with Crippen LogP contribution in [-0.4, -0.2) is 25.5 Å². The number of nitrogens with zero attached hydrogens (tertiary/aromatic N) is 1. The first-order chi connectivity index (χ1) is 18.4. The molecule has 0 bridgehead atoms. The van der Waals surface area contributed by atoms with Crippen molar-refractivity contribution in [2.75, 3.05) is 24.4 Å². The fourth-order valence-electron chi connectivity index (χ4n) is 3.13. The summed E-state index contributed by atoms with van der Waals surface area (Å²) in [5, 5.41) is 14.6. The summed E-state index contributed by atoms with van der Waals surface area (Å²) >= 11 is 18.0. The van der Waals surface area contributed by atoms with Gasteiger partial charge < -0.3 is 20.1 Å². The number of hydrogen-bond acceptors (Lipinski definition) is 5. The predicted molar refractivity (Wildman–Crippen MR) is 142 cm³/mol. The summed E-state index contributed by atoms with van der Waals surface area (Å²) in [6.07, 6.45) is -3.46. The molecule has 13 heteroatoms. The van der Waals surface area contributed by atoms with E-state index in [1.54, 1.807) is 24.3 Å². The van der Waals surface area contributed by atoms with Crippen LogP contribution < -0.4 is 20.1 Å². The molecule has 7 nitrogen and oxygen atoms in total. The molecule has 2 N–H and O–H groups in total. The second-order valence-corrected chi connectivity index (χ2v) is 8.88. The van der Waals surface area contributed by atoms with Crippen LogP contribution in [-0.2, 0) is 15.8 Å². The van der Waals surface area contributed by atoms with E-state index in [-0.39, 0.29) is 37.9 Å². The highest BCUT2D eigenvalue weighted by Gasteiger charge is 2.31. The van der Waals surface area contributed by atoms with E-state index in [0.717, 1.165) is 12.1 Å². The molecule has 2 amide bonds. The number of benzene rings is 3. The van der Waals surface area contributed by atoms with Crippen molar-refractivity contribution in [3.05, 3.63) is 86.4 Å². The van der Waals surface area contributed by atoms with Gasteiger partial charge in [-0.25, -0.2) is 0 Å². The zero-order chi connectivity index (χ0) is 28.7. The molecule has 3 rings (SSSR count). The van der Waals surface area contributed by atoms with Gasteiger partial charge in [-0.05, 0) is 54.1 Å². The quantitative estimate of drug-likeness (QED) is 0.210. The van der Waals surface area contributed by atoms with Gasteiger partial charge in [-0.3, -0.25) is 9.59 Å². The van der Waals surface area contributed by atoms with E-state index in [9.17, 15) is 28.0 Å². The molecule has 0 heterocycles. The van der Waals surface area contributed by atoms with Gasteiger partial charge in [0.05, 0.1) is 39.1 Å². The summed E-state index contributed by atoms with van der Waals surface area (Å²) in [6, 6.07) is 13.2. The molecular weight excluding hydrogens is 582 g/mol. The Morgan fingerprint density at radius 2 is 1.67 bits per heavy atom. The molecule has 0 saturated carbocycles. The summed E-state index contributed by atoms with van der Waals surface area (Å²) in [6.45, 7) is -0.420. The lowest BCUT2D eigenvalue weighted by molar-refractivity contribution is -0.137. The van der Waals surface area contributed by atoms with Gasteiger partial charge in [0, 0.05) is 0 Å². The molecular formula is C26H17Cl3F3N3O4. The Kier molecular flexibility index (Phi) is 9.70. The predicted octanol–water partition coefficient (Wildman–Crippen LogP) is 7.24. The highest BCUT2D eigenvalue weighted by atomic mass is 35.5. The van der Waals surface area contributed by atoms with E-state index in [2.05, 4.69) is 10.6 Å². The number of ether oxygens (including phenoxy) is 2. The van der Waals surface area contributed by atoms with Crippen molar-refractivity contribution in [3.8, 4) is 17.6 Å².